The van der Waals surface area contributed by atoms with Crippen LogP contribution in [0, 0.1) is 12.8 Å². The third-order valence-corrected chi connectivity index (χ3v) is 5.26. The lowest BCUT2D eigenvalue weighted by Crippen LogP contribution is -2.40. The minimum Gasteiger partial charge on any atom is -0.488 e. The molecule has 2 heterocycles. The normalized spacial score (nSPS) is 13.4. The molecule has 1 aliphatic rings. The first-order valence-corrected chi connectivity index (χ1v) is 10.2. The number of amides is 1. The molecule has 1 aliphatic heterocycles. The SMILES string of the molecule is Cc1nn2c(c1-c1ccccc1OCc1ccccc1)N(C(=O)C(C)C)CCC2. The Hall–Kier alpha value is -3.08. The number of aryl methyl sites for hydroxylation is 2. The van der Waals surface area contributed by atoms with E-state index in [-0.39, 0.29) is 11.8 Å². The van der Waals surface area contributed by atoms with Crippen LogP contribution in [0.1, 0.15) is 31.5 Å². The molecule has 5 heteroatoms. The second kappa shape index (κ2) is 8.11. The van der Waals surface area contributed by atoms with Gasteiger partial charge in [-0.05, 0) is 25.0 Å². The van der Waals surface area contributed by atoms with Crippen molar-refractivity contribution in [2.45, 2.75) is 40.3 Å². The topological polar surface area (TPSA) is 47.4 Å². The molecular weight excluding hydrogens is 362 g/mol. The molecule has 0 saturated heterocycles. The van der Waals surface area contributed by atoms with Crippen LogP contribution in [0.25, 0.3) is 11.1 Å². The van der Waals surface area contributed by atoms with Gasteiger partial charge in [0.15, 0.2) is 0 Å². The van der Waals surface area contributed by atoms with Crippen LogP contribution in [0.2, 0.25) is 0 Å². The summed E-state index contributed by atoms with van der Waals surface area (Å²) >= 11 is 0. The minimum absolute atomic E-state index is 0.0609. The quantitative estimate of drug-likeness (QED) is 0.628. The van der Waals surface area contributed by atoms with Gasteiger partial charge in [-0.3, -0.25) is 9.69 Å². The van der Waals surface area contributed by atoms with Crippen LogP contribution in [0.3, 0.4) is 0 Å². The van der Waals surface area contributed by atoms with Crippen molar-refractivity contribution in [3.05, 3.63) is 65.9 Å². The van der Waals surface area contributed by atoms with Crippen LogP contribution in [-0.2, 0) is 17.9 Å². The molecule has 29 heavy (non-hydrogen) atoms. The van der Waals surface area contributed by atoms with E-state index in [4.69, 9.17) is 9.84 Å². The Balaban J connectivity index is 1.75. The van der Waals surface area contributed by atoms with Gasteiger partial charge in [0.25, 0.3) is 0 Å². The number of hydrogen-bond acceptors (Lipinski definition) is 3. The average molecular weight is 389 g/mol. The van der Waals surface area contributed by atoms with E-state index in [0.717, 1.165) is 53.5 Å². The summed E-state index contributed by atoms with van der Waals surface area (Å²) in [6.07, 6.45) is 0.915. The molecule has 0 radical (unpaired) electrons. The molecule has 0 unspecified atom stereocenters. The van der Waals surface area contributed by atoms with Gasteiger partial charge in [-0.25, -0.2) is 4.68 Å². The summed E-state index contributed by atoms with van der Waals surface area (Å²) in [4.78, 5) is 14.8. The number of ether oxygens (including phenoxy) is 1. The number of nitrogens with zero attached hydrogens (tertiary/aromatic N) is 3. The molecule has 1 amide bonds. The monoisotopic (exact) mass is 389 g/mol. The van der Waals surface area contributed by atoms with E-state index in [2.05, 4.69) is 18.2 Å². The van der Waals surface area contributed by atoms with Crippen molar-refractivity contribution in [1.29, 1.82) is 0 Å². The largest absolute Gasteiger partial charge is 0.488 e. The highest BCUT2D eigenvalue weighted by atomic mass is 16.5. The number of carbonyl (C=O) groups is 1. The van der Waals surface area contributed by atoms with Crippen molar-refractivity contribution in [3.8, 4) is 16.9 Å². The lowest BCUT2D eigenvalue weighted by molar-refractivity contribution is -0.121. The van der Waals surface area contributed by atoms with Gasteiger partial charge in [0.1, 0.15) is 18.2 Å². The Bertz CT molecular complexity index is 1010. The number of anilines is 1. The van der Waals surface area contributed by atoms with Gasteiger partial charge < -0.3 is 4.74 Å². The van der Waals surface area contributed by atoms with Gasteiger partial charge in [-0.15, -0.1) is 0 Å². The van der Waals surface area contributed by atoms with Crippen molar-refractivity contribution in [2.75, 3.05) is 11.4 Å². The van der Waals surface area contributed by atoms with Gasteiger partial charge in [0.2, 0.25) is 5.91 Å². The summed E-state index contributed by atoms with van der Waals surface area (Å²) in [5.41, 5.74) is 4.00. The molecule has 0 saturated carbocycles. The van der Waals surface area contributed by atoms with Gasteiger partial charge in [-0.2, -0.15) is 5.10 Å². The third kappa shape index (κ3) is 3.77. The van der Waals surface area contributed by atoms with Crippen LogP contribution in [0.4, 0.5) is 5.82 Å². The zero-order chi connectivity index (χ0) is 20.4. The lowest BCUT2D eigenvalue weighted by atomic mass is 10.0. The zero-order valence-corrected chi connectivity index (χ0v) is 17.3. The highest BCUT2D eigenvalue weighted by Gasteiger charge is 2.31. The maximum atomic E-state index is 12.9. The predicted octanol–water partition coefficient (Wildman–Crippen LogP) is 4.83. The Morgan fingerprint density at radius 1 is 1.07 bits per heavy atom. The van der Waals surface area contributed by atoms with Crippen molar-refractivity contribution in [1.82, 2.24) is 9.78 Å². The van der Waals surface area contributed by atoms with Gasteiger partial charge in [-0.1, -0.05) is 62.4 Å². The number of rotatable bonds is 5. The molecule has 0 spiro atoms. The number of hydrogen-bond donors (Lipinski definition) is 0. The van der Waals surface area contributed by atoms with E-state index in [1.54, 1.807) is 0 Å². The maximum Gasteiger partial charge on any atom is 0.230 e. The smallest absolute Gasteiger partial charge is 0.230 e. The Labute approximate surface area is 171 Å². The molecule has 0 atom stereocenters. The number of carbonyl (C=O) groups excluding carboxylic acids is 1. The Morgan fingerprint density at radius 2 is 1.79 bits per heavy atom. The van der Waals surface area contributed by atoms with Gasteiger partial charge >= 0.3 is 0 Å². The fraction of sp³-hybridized carbons (Fsp3) is 0.333. The second-order valence-corrected chi connectivity index (χ2v) is 7.78. The van der Waals surface area contributed by atoms with Crippen LogP contribution in [-0.4, -0.2) is 22.2 Å². The minimum atomic E-state index is -0.0609. The van der Waals surface area contributed by atoms with E-state index in [1.165, 1.54) is 0 Å². The molecular formula is C24H27N3O2. The lowest BCUT2D eigenvalue weighted by Gasteiger charge is -2.30. The summed E-state index contributed by atoms with van der Waals surface area (Å²) in [5.74, 6) is 1.77. The van der Waals surface area contributed by atoms with Crippen LogP contribution < -0.4 is 9.64 Å². The summed E-state index contributed by atoms with van der Waals surface area (Å²) < 4.78 is 8.17. The fourth-order valence-corrected chi connectivity index (χ4v) is 3.86. The predicted molar refractivity (Wildman–Crippen MR) is 115 cm³/mol. The molecule has 150 valence electrons. The van der Waals surface area contributed by atoms with E-state index in [0.29, 0.717) is 6.61 Å². The van der Waals surface area contributed by atoms with Crippen LogP contribution >= 0.6 is 0 Å². The zero-order valence-electron chi connectivity index (χ0n) is 17.3. The molecule has 0 N–H and O–H groups in total. The number of para-hydroxylation sites is 1. The number of benzene rings is 2. The highest BCUT2D eigenvalue weighted by Crippen LogP contribution is 2.41. The first-order valence-electron chi connectivity index (χ1n) is 10.2. The molecule has 2 aromatic carbocycles. The van der Waals surface area contributed by atoms with E-state index in [1.807, 2.05) is 66.8 Å². The number of fused-ring (bicyclic) bond motifs is 1. The molecule has 0 aliphatic carbocycles. The molecule has 0 fully saturated rings. The Morgan fingerprint density at radius 3 is 2.55 bits per heavy atom. The first-order chi connectivity index (χ1) is 14.1. The van der Waals surface area contributed by atoms with Crippen molar-refractivity contribution in [2.24, 2.45) is 5.92 Å². The van der Waals surface area contributed by atoms with E-state index >= 15 is 0 Å². The second-order valence-electron chi connectivity index (χ2n) is 7.78. The molecule has 4 rings (SSSR count). The summed E-state index contributed by atoms with van der Waals surface area (Å²) in [6, 6.07) is 18.2. The van der Waals surface area contributed by atoms with E-state index < -0.39 is 0 Å². The average Bonchev–Trinajstić information content (AvgIpc) is 3.08. The van der Waals surface area contributed by atoms with Gasteiger partial charge in [0.05, 0.1) is 11.3 Å². The molecule has 1 aromatic heterocycles. The maximum absolute atomic E-state index is 12.9. The molecule has 5 nitrogen and oxygen atoms in total. The highest BCUT2D eigenvalue weighted by molar-refractivity contribution is 5.99. The summed E-state index contributed by atoms with van der Waals surface area (Å²) in [7, 11) is 0. The van der Waals surface area contributed by atoms with E-state index in [9.17, 15) is 4.79 Å². The Kier molecular flexibility index (Phi) is 5.38. The summed E-state index contributed by atoms with van der Waals surface area (Å²) in [5, 5.41) is 4.75. The fourth-order valence-electron chi connectivity index (χ4n) is 3.86. The first kappa shape index (κ1) is 19.2. The number of aromatic nitrogens is 2. The third-order valence-electron chi connectivity index (χ3n) is 5.26. The van der Waals surface area contributed by atoms with Crippen LogP contribution in [0.15, 0.2) is 54.6 Å². The van der Waals surface area contributed by atoms with Crippen LogP contribution in [0.5, 0.6) is 5.75 Å². The van der Waals surface area contributed by atoms with Crippen molar-refractivity contribution < 1.29 is 9.53 Å². The van der Waals surface area contributed by atoms with Crippen molar-refractivity contribution in [3.63, 3.8) is 0 Å². The van der Waals surface area contributed by atoms with Crippen molar-refractivity contribution >= 4 is 11.7 Å². The van der Waals surface area contributed by atoms with Gasteiger partial charge in [0, 0.05) is 24.6 Å². The standard InChI is InChI=1S/C24H27N3O2/c1-17(2)24(28)26-14-9-15-27-23(26)22(18(3)25-27)20-12-7-8-13-21(20)29-16-19-10-5-4-6-11-19/h4-8,10-13,17H,9,14-16H2,1-3H3. The molecule has 0 bridgehead atoms. The molecule has 3 aromatic rings. The summed E-state index contributed by atoms with van der Waals surface area (Å²) in [6.45, 7) is 7.94.